The second kappa shape index (κ2) is 11.3. The van der Waals surface area contributed by atoms with Gasteiger partial charge in [0.15, 0.2) is 11.5 Å². The Balaban J connectivity index is 1.75. The largest absolute Gasteiger partial charge is 0.494 e. The van der Waals surface area contributed by atoms with Crippen LogP contribution in [0.1, 0.15) is 23.6 Å². The molecule has 3 aromatic rings. The zero-order valence-electron chi connectivity index (χ0n) is 18.0. The van der Waals surface area contributed by atoms with Crippen molar-refractivity contribution in [3.05, 3.63) is 95.0 Å². The minimum Gasteiger partial charge on any atom is -0.494 e. The second-order valence-electron chi connectivity index (χ2n) is 7.01. The molecule has 0 aliphatic rings. The summed E-state index contributed by atoms with van der Waals surface area (Å²) in [7, 11) is 1.66. The van der Waals surface area contributed by atoms with E-state index >= 15 is 0 Å². The summed E-state index contributed by atoms with van der Waals surface area (Å²) in [5, 5.41) is 4.13. The number of methoxy groups -OCH3 is 1. The molecule has 0 amide bonds. The lowest BCUT2D eigenvalue weighted by Gasteiger charge is -2.17. The lowest BCUT2D eigenvalue weighted by atomic mass is 10.1. The molecule has 162 valence electrons. The molecule has 0 saturated carbocycles. The number of allylic oxidation sites excluding steroid dienone is 1. The molecule has 3 rings (SSSR count). The van der Waals surface area contributed by atoms with Crippen LogP contribution >= 0.6 is 11.6 Å². The third-order valence-electron chi connectivity index (χ3n) is 4.71. The number of ether oxygens (including phenoxy) is 3. The fourth-order valence-electron chi connectivity index (χ4n) is 3.27. The van der Waals surface area contributed by atoms with Gasteiger partial charge < -0.3 is 19.5 Å². The standard InChI is InChI=1S/C26H28ClNO3/c1-4-7-21-14-20(17-28-23-10-12-24(13-11-23)30-5-2)16-25(29-3)26(21)31-18-19-8-6-9-22(27)15-19/h4,6,8-16,28H,1,5,7,17-18H2,2-3H3. The molecule has 1 N–H and O–H groups in total. The fraction of sp³-hybridized carbons (Fsp3) is 0.231. The molecule has 5 heteroatoms. The highest BCUT2D eigenvalue weighted by Gasteiger charge is 2.13. The maximum atomic E-state index is 6.14. The maximum absolute atomic E-state index is 6.14. The Morgan fingerprint density at radius 3 is 2.48 bits per heavy atom. The van der Waals surface area contributed by atoms with Crippen molar-refractivity contribution in [2.75, 3.05) is 19.0 Å². The molecule has 4 nitrogen and oxygen atoms in total. The third kappa shape index (κ3) is 6.43. The average Bonchev–Trinajstić information content (AvgIpc) is 2.78. The van der Waals surface area contributed by atoms with Crippen LogP contribution in [0.2, 0.25) is 5.02 Å². The van der Waals surface area contributed by atoms with E-state index in [0.29, 0.717) is 37.0 Å². The second-order valence-corrected chi connectivity index (χ2v) is 7.45. The first-order valence-corrected chi connectivity index (χ1v) is 10.7. The summed E-state index contributed by atoms with van der Waals surface area (Å²) in [6.07, 6.45) is 2.54. The summed E-state index contributed by atoms with van der Waals surface area (Å²) in [4.78, 5) is 0. The average molecular weight is 438 g/mol. The minimum atomic E-state index is 0.408. The van der Waals surface area contributed by atoms with Crippen LogP contribution in [0.25, 0.3) is 0 Å². The zero-order chi connectivity index (χ0) is 22.1. The van der Waals surface area contributed by atoms with Crippen molar-refractivity contribution < 1.29 is 14.2 Å². The quantitative estimate of drug-likeness (QED) is 0.340. The van der Waals surface area contributed by atoms with Crippen LogP contribution in [0, 0.1) is 0 Å². The highest BCUT2D eigenvalue weighted by atomic mass is 35.5. The van der Waals surface area contributed by atoms with Crippen LogP contribution in [0.4, 0.5) is 5.69 Å². The molecule has 0 aromatic heterocycles. The lowest BCUT2D eigenvalue weighted by molar-refractivity contribution is 0.281. The van der Waals surface area contributed by atoms with Crippen molar-refractivity contribution in [1.82, 2.24) is 0 Å². The summed E-state index contributed by atoms with van der Waals surface area (Å²) in [5.41, 5.74) is 4.15. The molecule has 0 spiro atoms. The van der Waals surface area contributed by atoms with Crippen LogP contribution in [-0.4, -0.2) is 13.7 Å². The molecule has 0 atom stereocenters. The van der Waals surface area contributed by atoms with Gasteiger partial charge in [0.25, 0.3) is 0 Å². The van der Waals surface area contributed by atoms with E-state index in [4.69, 9.17) is 25.8 Å². The van der Waals surface area contributed by atoms with E-state index in [1.165, 1.54) is 0 Å². The first-order valence-electron chi connectivity index (χ1n) is 10.3. The first-order chi connectivity index (χ1) is 15.1. The summed E-state index contributed by atoms with van der Waals surface area (Å²) in [5.74, 6) is 2.29. The van der Waals surface area contributed by atoms with E-state index in [1.54, 1.807) is 7.11 Å². The number of benzene rings is 3. The Labute approximate surface area is 189 Å². The van der Waals surface area contributed by atoms with Gasteiger partial charge in [-0.05, 0) is 73.0 Å². The van der Waals surface area contributed by atoms with Gasteiger partial charge in [-0.2, -0.15) is 0 Å². The number of halogens is 1. The molecule has 0 fully saturated rings. The summed E-state index contributed by atoms with van der Waals surface area (Å²) in [6, 6.07) is 19.7. The van der Waals surface area contributed by atoms with Crippen molar-refractivity contribution in [2.24, 2.45) is 0 Å². The lowest BCUT2D eigenvalue weighted by Crippen LogP contribution is -2.05. The Hall–Kier alpha value is -3.11. The normalized spacial score (nSPS) is 10.4. The van der Waals surface area contributed by atoms with Crippen LogP contribution in [0.3, 0.4) is 0 Å². The van der Waals surface area contributed by atoms with Crippen LogP contribution in [-0.2, 0) is 19.6 Å². The molecule has 0 saturated heterocycles. The molecule has 0 unspecified atom stereocenters. The SMILES string of the molecule is C=CCc1cc(CNc2ccc(OCC)cc2)cc(OC)c1OCc1cccc(Cl)c1. The number of anilines is 1. The van der Waals surface area contributed by atoms with Crippen molar-refractivity contribution in [3.63, 3.8) is 0 Å². The van der Waals surface area contributed by atoms with Gasteiger partial charge in [-0.15, -0.1) is 6.58 Å². The van der Waals surface area contributed by atoms with Crippen LogP contribution in [0.15, 0.2) is 73.3 Å². The van der Waals surface area contributed by atoms with Gasteiger partial charge in [0, 0.05) is 22.8 Å². The zero-order valence-corrected chi connectivity index (χ0v) is 18.7. The fourth-order valence-corrected chi connectivity index (χ4v) is 3.48. The predicted octanol–water partition coefficient (Wildman–Crippen LogP) is 6.67. The Morgan fingerprint density at radius 1 is 1.00 bits per heavy atom. The molecule has 0 aliphatic heterocycles. The van der Waals surface area contributed by atoms with E-state index < -0.39 is 0 Å². The summed E-state index contributed by atoms with van der Waals surface area (Å²) in [6.45, 7) is 7.58. The Kier molecular flexibility index (Phi) is 8.25. The molecule has 3 aromatic carbocycles. The molecular formula is C26H28ClNO3. The van der Waals surface area contributed by atoms with Gasteiger partial charge in [-0.1, -0.05) is 29.8 Å². The first kappa shape index (κ1) is 22.6. The van der Waals surface area contributed by atoms with Crippen molar-refractivity contribution in [3.8, 4) is 17.2 Å². The van der Waals surface area contributed by atoms with E-state index in [2.05, 4.69) is 18.0 Å². The predicted molar refractivity (Wildman–Crippen MR) is 128 cm³/mol. The third-order valence-corrected chi connectivity index (χ3v) is 4.94. The topological polar surface area (TPSA) is 39.7 Å². The molecule has 0 bridgehead atoms. The van der Waals surface area contributed by atoms with Crippen LogP contribution < -0.4 is 19.5 Å². The molecular weight excluding hydrogens is 410 g/mol. The Bertz CT molecular complexity index is 1000. The molecule has 31 heavy (non-hydrogen) atoms. The van der Waals surface area contributed by atoms with Gasteiger partial charge in [0.05, 0.1) is 13.7 Å². The monoisotopic (exact) mass is 437 g/mol. The van der Waals surface area contributed by atoms with E-state index in [1.807, 2.05) is 67.6 Å². The van der Waals surface area contributed by atoms with Gasteiger partial charge in [-0.25, -0.2) is 0 Å². The summed E-state index contributed by atoms with van der Waals surface area (Å²) < 4.78 is 17.3. The number of hydrogen-bond donors (Lipinski definition) is 1. The molecule has 0 heterocycles. The van der Waals surface area contributed by atoms with Gasteiger partial charge in [-0.3, -0.25) is 0 Å². The number of nitrogens with one attached hydrogen (secondary N) is 1. The smallest absolute Gasteiger partial charge is 0.165 e. The van der Waals surface area contributed by atoms with Crippen LogP contribution in [0.5, 0.6) is 17.2 Å². The molecule has 0 radical (unpaired) electrons. The highest BCUT2D eigenvalue weighted by molar-refractivity contribution is 6.30. The van der Waals surface area contributed by atoms with Gasteiger partial charge >= 0.3 is 0 Å². The minimum absolute atomic E-state index is 0.408. The van der Waals surface area contributed by atoms with E-state index in [-0.39, 0.29) is 0 Å². The number of hydrogen-bond acceptors (Lipinski definition) is 4. The van der Waals surface area contributed by atoms with Gasteiger partial charge in [0.1, 0.15) is 12.4 Å². The summed E-state index contributed by atoms with van der Waals surface area (Å²) >= 11 is 6.09. The molecule has 0 aliphatic carbocycles. The van der Waals surface area contributed by atoms with Crippen molar-refractivity contribution >= 4 is 17.3 Å². The number of rotatable bonds is 11. The highest BCUT2D eigenvalue weighted by Crippen LogP contribution is 2.34. The van der Waals surface area contributed by atoms with E-state index in [0.717, 1.165) is 33.9 Å². The maximum Gasteiger partial charge on any atom is 0.165 e. The van der Waals surface area contributed by atoms with Crippen molar-refractivity contribution in [2.45, 2.75) is 26.5 Å². The van der Waals surface area contributed by atoms with Gasteiger partial charge in [0.2, 0.25) is 0 Å². The van der Waals surface area contributed by atoms with E-state index in [9.17, 15) is 0 Å². The Morgan fingerprint density at radius 2 is 1.81 bits per heavy atom. The van der Waals surface area contributed by atoms with Crippen molar-refractivity contribution in [1.29, 1.82) is 0 Å².